The molecule has 1 aromatic carbocycles. The van der Waals surface area contributed by atoms with Crippen molar-refractivity contribution >= 4 is 0 Å². The monoisotopic (exact) mass is 326 g/mol. The zero-order chi connectivity index (χ0) is 17.5. The van der Waals surface area contributed by atoms with E-state index in [1.165, 1.54) is 0 Å². The molecule has 128 valence electrons. The first-order valence-electron chi connectivity index (χ1n) is 8.66. The lowest BCUT2D eigenvalue weighted by Gasteiger charge is -2.17. The number of hydrogen-bond donors (Lipinski definition) is 1. The topological polar surface area (TPSA) is 50.4 Å². The normalized spacial score (nSPS) is 12.3. The molecule has 1 aromatic heterocycles. The fourth-order valence-corrected chi connectivity index (χ4v) is 3.20. The third kappa shape index (κ3) is 3.97. The Labute approximate surface area is 143 Å². The van der Waals surface area contributed by atoms with Gasteiger partial charge in [-0.3, -0.25) is 0 Å². The van der Waals surface area contributed by atoms with Gasteiger partial charge in [0.05, 0.1) is 5.56 Å². The van der Waals surface area contributed by atoms with Crippen molar-refractivity contribution in [3.8, 4) is 5.75 Å². The molecule has 0 fully saturated rings. The Hall–Kier alpha value is -2.29. The lowest BCUT2D eigenvalue weighted by atomic mass is 9.90. The molecule has 0 saturated carbocycles. The van der Waals surface area contributed by atoms with Crippen molar-refractivity contribution in [2.24, 2.45) is 0 Å². The highest BCUT2D eigenvalue weighted by atomic mass is 16.4. The first-order valence-corrected chi connectivity index (χ1v) is 8.66. The van der Waals surface area contributed by atoms with Crippen LogP contribution >= 0.6 is 0 Å². The van der Waals surface area contributed by atoms with E-state index in [9.17, 15) is 9.90 Å². The van der Waals surface area contributed by atoms with E-state index >= 15 is 0 Å². The van der Waals surface area contributed by atoms with E-state index in [0.717, 1.165) is 31.2 Å². The summed E-state index contributed by atoms with van der Waals surface area (Å²) < 4.78 is 5.60. The summed E-state index contributed by atoms with van der Waals surface area (Å²) in [5, 5.41) is 10.5. The van der Waals surface area contributed by atoms with Crippen LogP contribution in [0, 0.1) is 0 Å². The number of allylic oxidation sites excluding steroid dienone is 1. The van der Waals surface area contributed by atoms with Gasteiger partial charge in [0, 0.05) is 17.9 Å². The third-order valence-electron chi connectivity index (χ3n) is 4.37. The lowest BCUT2D eigenvalue weighted by molar-refractivity contribution is 0.372. The second-order valence-electron chi connectivity index (χ2n) is 6.13. The Balaban J connectivity index is 2.46. The highest BCUT2D eigenvalue weighted by Crippen LogP contribution is 2.33. The minimum Gasteiger partial charge on any atom is -0.507 e. The molecule has 2 aromatic rings. The molecule has 2 rings (SSSR count). The van der Waals surface area contributed by atoms with Gasteiger partial charge in [0.25, 0.3) is 0 Å². The fourth-order valence-electron chi connectivity index (χ4n) is 3.20. The van der Waals surface area contributed by atoms with Crippen molar-refractivity contribution < 1.29 is 9.52 Å². The van der Waals surface area contributed by atoms with E-state index in [4.69, 9.17) is 4.42 Å². The maximum absolute atomic E-state index is 12.6. The summed E-state index contributed by atoms with van der Waals surface area (Å²) in [6.07, 6.45) is 5.57. The minimum absolute atomic E-state index is 0.00721. The van der Waals surface area contributed by atoms with Gasteiger partial charge in [-0.15, -0.1) is 6.58 Å². The van der Waals surface area contributed by atoms with Crippen LogP contribution in [0.15, 0.2) is 58.3 Å². The van der Waals surface area contributed by atoms with Crippen LogP contribution in [-0.4, -0.2) is 5.11 Å². The highest BCUT2D eigenvalue weighted by molar-refractivity contribution is 5.43. The average Bonchev–Trinajstić information content (AvgIpc) is 2.58. The van der Waals surface area contributed by atoms with Gasteiger partial charge >= 0.3 is 5.63 Å². The standard InChI is InChI=1S/C21H26O3/c1-4-10-16(11-5-2)19-14-18(22)20(21(23)24-19)17(6-3)15-12-8-7-9-13-15/h6-9,12-14,16-17,22H,3-5,10-11H2,1-2H3. The Kier molecular flexibility index (Phi) is 6.42. The van der Waals surface area contributed by atoms with E-state index < -0.39 is 5.63 Å². The highest BCUT2D eigenvalue weighted by Gasteiger charge is 2.23. The molecule has 0 amide bonds. The first kappa shape index (κ1) is 18.1. The molecule has 0 spiro atoms. The second kappa shape index (κ2) is 8.53. The Morgan fingerprint density at radius 3 is 2.29 bits per heavy atom. The van der Waals surface area contributed by atoms with E-state index in [2.05, 4.69) is 20.4 Å². The Morgan fingerprint density at radius 1 is 1.17 bits per heavy atom. The van der Waals surface area contributed by atoms with Gasteiger partial charge in [-0.25, -0.2) is 4.79 Å². The maximum Gasteiger partial charge on any atom is 0.343 e. The van der Waals surface area contributed by atoms with Crippen molar-refractivity contribution in [2.75, 3.05) is 0 Å². The van der Waals surface area contributed by atoms with Crippen LogP contribution in [0.25, 0.3) is 0 Å². The van der Waals surface area contributed by atoms with Crippen LogP contribution in [0.3, 0.4) is 0 Å². The molecule has 1 unspecified atom stereocenters. The molecule has 1 N–H and O–H groups in total. The third-order valence-corrected chi connectivity index (χ3v) is 4.37. The molecule has 0 aliphatic carbocycles. The van der Waals surface area contributed by atoms with Crippen LogP contribution in [0.5, 0.6) is 5.75 Å². The van der Waals surface area contributed by atoms with Crippen LogP contribution in [0.4, 0.5) is 0 Å². The summed E-state index contributed by atoms with van der Waals surface area (Å²) in [5.74, 6) is 0.367. The average molecular weight is 326 g/mol. The molecule has 3 heteroatoms. The summed E-state index contributed by atoms with van der Waals surface area (Å²) >= 11 is 0. The van der Waals surface area contributed by atoms with Crippen molar-refractivity contribution in [2.45, 2.75) is 51.4 Å². The van der Waals surface area contributed by atoms with Gasteiger partial charge in [-0.1, -0.05) is 63.1 Å². The van der Waals surface area contributed by atoms with Crippen molar-refractivity contribution in [1.29, 1.82) is 0 Å². The molecule has 0 saturated heterocycles. The van der Waals surface area contributed by atoms with Crippen LogP contribution in [0.1, 0.15) is 68.3 Å². The fraction of sp³-hybridized carbons (Fsp3) is 0.381. The molecule has 1 heterocycles. The van der Waals surface area contributed by atoms with Gasteiger partial charge in [0.1, 0.15) is 11.5 Å². The molecule has 0 radical (unpaired) electrons. The smallest absolute Gasteiger partial charge is 0.343 e. The molecule has 1 atom stereocenters. The van der Waals surface area contributed by atoms with Crippen LogP contribution in [0.2, 0.25) is 0 Å². The van der Waals surface area contributed by atoms with Gasteiger partial charge in [0.15, 0.2) is 0 Å². The summed E-state index contributed by atoms with van der Waals surface area (Å²) in [6, 6.07) is 11.2. The van der Waals surface area contributed by atoms with E-state index in [0.29, 0.717) is 5.76 Å². The van der Waals surface area contributed by atoms with Crippen LogP contribution < -0.4 is 5.63 Å². The predicted molar refractivity (Wildman–Crippen MR) is 97.7 cm³/mol. The summed E-state index contributed by atoms with van der Waals surface area (Å²) in [4.78, 5) is 12.6. The Morgan fingerprint density at radius 2 is 1.79 bits per heavy atom. The summed E-state index contributed by atoms with van der Waals surface area (Å²) in [5.41, 5.74) is 0.684. The molecular formula is C21H26O3. The van der Waals surface area contributed by atoms with Crippen LogP contribution in [-0.2, 0) is 0 Å². The summed E-state index contributed by atoms with van der Waals surface area (Å²) in [6.45, 7) is 8.04. The molecule has 24 heavy (non-hydrogen) atoms. The van der Waals surface area contributed by atoms with Crippen molar-refractivity contribution in [1.82, 2.24) is 0 Å². The zero-order valence-electron chi connectivity index (χ0n) is 14.5. The first-order chi connectivity index (χ1) is 11.6. The molecule has 0 aliphatic heterocycles. The largest absolute Gasteiger partial charge is 0.507 e. The quantitative estimate of drug-likeness (QED) is 0.665. The molecule has 0 bridgehead atoms. The van der Waals surface area contributed by atoms with Gasteiger partial charge in [-0.05, 0) is 18.4 Å². The number of rotatable bonds is 8. The minimum atomic E-state index is -0.476. The number of hydrogen-bond acceptors (Lipinski definition) is 3. The van der Waals surface area contributed by atoms with Crippen molar-refractivity contribution in [3.05, 3.63) is 76.4 Å². The van der Waals surface area contributed by atoms with Gasteiger partial charge in [0.2, 0.25) is 0 Å². The van der Waals surface area contributed by atoms with E-state index in [1.807, 2.05) is 30.3 Å². The number of aromatic hydroxyl groups is 1. The SMILES string of the molecule is C=CC(c1ccccc1)c1c(O)cc(C(CCC)CCC)oc1=O. The van der Waals surface area contributed by atoms with E-state index in [-0.39, 0.29) is 23.1 Å². The van der Waals surface area contributed by atoms with E-state index in [1.54, 1.807) is 12.1 Å². The lowest BCUT2D eigenvalue weighted by Crippen LogP contribution is -2.15. The Bertz CT molecular complexity index is 710. The number of benzene rings is 1. The second-order valence-corrected chi connectivity index (χ2v) is 6.13. The zero-order valence-corrected chi connectivity index (χ0v) is 14.5. The molecular weight excluding hydrogens is 300 g/mol. The molecule has 3 nitrogen and oxygen atoms in total. The molecule has 0 aliphatic rings. The van der Waals surface area contributed by atoms with Crippen molar-refractivity contribution in [3.63, 3.8) is 0 Å². The van der Waals surface area contributed by atoms with Gasteiger partial charge in [-0.2, -0.15) is 0 Å². The maximum atomic E-state index is 12.6. The van der Waals surface area contributed by atoms with Gasteiger partial charge < -0.3 is 9.52 Å². The predicted octanol–water partition coefficient (Wildman–Crippen LogP) is 5.35. The summed E-state index contributed by atoms with van der Waals surface area (Å²) in [7, 11) is 0.